The summed E-state index contributed by atoms with van der Waals surface area (Å²) in [6, 6.07) is 38.5. The molecule has 2 heterocycles. The van der Waals surface area contributed by atoms with Crippen LogP contribution in [0.5, 0.6) is 0 Å². The molecule has 0 saturated heterocycles. The van der Waals surface area contributed by atoms with E-state index < -0.39 is 0 Å². The van der Waals surface area contributed by atoms with Gasteiger partial charge in [-0.25, -0.2) is 0 Å². The maximum Gasteiger partial charge on any atom is 0.0486 e. The minimum absolute atomic E-state index is 1.01. The lowest BCUT2D eigenvalue weighted by molar-refractivity contribution is 0.569. The minimum Gasteiger partial charge on any atom is -0.347 e. The molecule has 0 N–H and O–H groups in total. The van der Waals surface area contributed by atoms with Crippen LogP contribution in [0.1, 0.15) is 35.1 Å². The summed E-state index contributed by atoms with van der Waals surface area (Å²) >= 11 is 0. The van der Waals surface area contributed by atoms with Gasteiger partial charge in [-0.1, -0.05) is 121 Å². The first-order chi connectivity index (χ1) is 18.8. The van der Waals surface area contributed by atoms with E-state index in [1.807, 2.05) is 0 Å². The van der Waals surface area contributed by atoms with E-state index in [9.17, 15) is 0 Å². The molecule has 2 heteroatoms. The maximum atomic E-state index is 2.42. The van der Waals surface area contributed by atoms with E-state index in [0.717, 1.165) is 25.9 Å². The van der Waals surface area contributed by atoms with Crippen molar-refractivity contribution in [3.05, 3.63) is 144 Å². The molecule has 0 atom stereocenters. The standard InChI is InChI=1S/C36H32N2/c1-3-13-29(14-4-1)21-23-31-27-37(35-19-9-7-17-33(31)35)25-11-12-26-38-28-32(34-18-8-10-20-36(34)38)24-22-30-15-5-2-6-16-30/h1-10,13-24,27-28H,11-12,25-26H2/b23-21+,24-22+. The Labute approximate surface area is 224 Å². The highest BCUT2D eigenvalue weighted by atomic mass is 15.0. The Hall–Kier alpha value is -4.56. The molecular weight excluding hydrogens is 460 g/mol. The third-order valence-corrected chi connectivity index (χ3v) is 7.20. The molecule has 186 valence electrons. The van der Waals surface area contributed by atoms with E-state index in [1.54, 1.807) is 0 Å². The summed E-state index contributed by atoms with van der Waals surface area (Å²) < 4.78 is 4.84. The fourth-order valence-corrected chi connectivity index (χ4v) is 5.25. The second-order valence-corrected chi connectivity index (χ2v) is 9.79. The van der Waals surface area contributed by atoms with Crippen molar-refractivity contribution in [2.24, 2.45) is 0 Å². The Balaban J connectivity index is 1.15. The minimum atomic E-state index is 1.01. The Morgan fingerprint density at radius 1 is 0.421 bits per heavy atom. The molecule has 4 aromatic carbocycles. The first-order valence-corrected chi connectivity index (χ1v) is 13.5. The SMILES string of the molecule is C(=C\c1cn(CCCCn2cc(/C=C/c3ccccc3)c3ccccc32)c2ccccc12)/c1ccccc1. The third kappa shape index (κ3) is 5.26. The predicted octanol–water partition coefficient (Wildman–Crippen LogP) is 9.42. The Morgan fingerprint density at radius 3 is 1.26 bits per heavy atom. The number of aromatic nitrogens is 2. The van der Waals surface area contributed by atoms with Crippen molar-refractivity contribution in [1.82, 2.24) is 9.13 Å². The smallest absolute Gasteiger partial charge is 0.0486 e. The normalized spacial score (nSPS) is 11.9. The molecule has 0 aliphatic heterocycles. The van der Waals surface area contributed by atoms with E-state index >= 15 is 0 Å². The zero-order valence-electron chi connectivity index (χ0n) is 21.6. The van der Waals surface area contributed by atoms with Gasteiger partial charge in [0, 0.05) is 47.3 Å². The number of fused-ring (bicyclic) bond motifs is 2. The van der Waals surface area contributed by atoms with Crippen LogP contribution in [0, 0.1) is 0 Å². The summed E-state index contributed by atoms with van der Waals surface area (Å²) in [5, 5.41) is 2.62. The summed E-state index contributed by atoms with van der Waals surface area (Å²) in [6.07, 6.45) is 15.8. The van der Waals surface area contributed by atoms with Gasteiger partial charge in [0.05, 0.1) is 0 Å². The number of hydrogen-bond donors (Lipinski definition) is 0. The zero-order valence-corrected chi connectivity index (χ0v) is 21.6. The number of para-hydroxylation sites is 2. The lowest BCUT2D eigenvalue weighted by Crippen LogP contribution is -2.00. The number of hydrogen-bond acceptors (Lipinski definition) is 0. The summed E-state index contributed by atoms with van der Waals surface area (Å²) in [5.74, 6) is 0. The fourth-order valence-electron chi connectivity index (χ4n) is 5.25. The van der Waals surface area contributed by atoms with Crippen molar-refractivity contribution in [2.45, 2.75) is 25.9 Å². The molecule has 6 rings (SSSR count). The van der Waals surface area contributed by atoms with Gasteiger partial charge in [-0.05, 0) is 47.2 Å². The van der Waals surface area contributed by atoms with Crippen molar-refractivity contribution < 1.29 is 0 Å². The molecule has 0 unspecified atom stereocenters. The van der Waals surface area contributed by atoms with Gasteiger partial charge in [0.25, 0.3) is 0 Å². The fraction of sp³-hybridized carbons (Fsp3) is 0.111. The second kappa shape index (κ2) is 11.2. The highest BCUT2D eigenvalue weighted by molar-refractivity contribution is 5.93. The molecule has 0 bridgehead atoms. The Kier molecular flexibility index (Phi) is 7.04. The van der Waals surface area contributed by atoms with Crippen LogP contribution in [0.3, 0.4) is 0 Å². The molecule has 0 saturated carbocycles. The van der Waals surface area contributed by atoms with E-state index in [-0.39, 0.29) is 0 Å². The monoisotopic (exact) mass is 492 g/mol. The molecule has 2 nitrogen and oxygen atoms in total. The van der Waals surface area contributed by atoms with Gasteiger partial charge in [-0.15, -0.1) is 0 Å². The molecule has 38 heavy (non-hydrogen) atoms. The van der Waals surface area contributed by atoms with Gasteiger partial charge in [-0.3, -0.25) is 0 Å². The number of unbranched alkanes of at least 4 members (excludes halogenated alkanes) is 1. The average molecular weight is 493 g/mol. The van der Waals surface area contributed by atoms with Crippen molar-refractivity contribution in [1.29, 1.82) is 0 Å². The van der Waals surface area contributed by atoms with Crippen LogP contribution < -0.4 is 0 Å². The number of benzene rings is 4. The summed E-state index contributed by atoms with van der Waals surface area (Å²) in [5.41, 5.74) is 7.61. The highest BCUT2D eigenvalue weighted by Gasteiger charge is 2.08. The molecule has 0 aliphatic rings. The topological polar surface area (TPSA) is 9.86 Å². The predicted molar refractivity (Wildman–Crippen MR) is 164 cm³/mol. The van der Waals surface area contributed by atoms with Gasteiger partial charge in [-0.2, -0.15) is 0 Å². The summed E-state index contributed by atoms with van der Waals surface area (Å²) in [6.45, 7) is 2.03. The molecule has 0 spiro atoms. The van der Waals surface area contributed by atoms with Crippen LogP contribution in [0.15, 0.2) is 122 Å². The van der Waals surface area contributed by atoms with Crippen molar-refractivity contribution in [3.8, 4) is 0 Å². The van der Waals surface area contributed by atoms with Crippen LogP contribution in [-0.4, -0.2) is 9.13 Å². The van der Waals surface area contributed by atoms with Gasteiger partial charge in [0.15, 0.2) is 0 Å². The molecule has 2 aromatic heterocycles. The molecule has 0 amide bonds. The van der Waals surface area contributed by atoms with Gasteiger partial charge >= 0.3 is 0 Å². The van der Waals surface area contributed by atoms with Gasteiger partial charge in [0.2, 0.25) is 0 Å². The quantitative estimate of drug-likeness (QED) is 0.178. The lowest BCUT2D eigenvalue weighted by Gasteiger charge is -2.07. The Morgan fingerprint density at radius 2 is 0.816 bits per heavy atom. The summed E-state index contributed by atoms with van der Waals surface area (Å²) in [7, 11) is 0. The van der Waals surface area contributed by atoms with Crippen LogP contribution in [0.2, 0.25) is 0 Å². The maximum absolute atomic E-state index is 2.42. The number of rotatable bonds is 9. The first-order valence-electron chi connectivity index (χ1n) is 13.5. The third-order valence-electron chi connectivity index (χ3n) is 7.20. The van der Waals surface area contributed by atoms with Crippen molar-refractivity contribution in [3.63, 3.8) is 0 Å². The number of nitrogens with zero attached hydrogens (tertiary/aromatic N) is 2. The van der Waals surface area contributed by atoms with Crippen LogP contribution >= 0.6 is 0 Å². The van der Waals surface area contributed by atoms with Crippen molar-refractivity contribution >= 4 is 46.1 Å². The number of aryl methyl sites for hydroxylation is 2. The van der Waals surface area contributed by atoms with E-state index in [1.165, 1.54) is 44.1 Å². The van der Waals surface area contributed by atoms with E-state index in [0.29, 0.717) is 0 Å². The summed E-state index contributed by atoms with van der Waals surface area (Å²) in [4.78, 5) is 0. The van der Waals surface area contributed by atoms with Crippen molar-refractivity contribution in [2.75, 3.05) is 0 Å². The van der Waals surface area contributed by atoms with Crippen LogP contribution in [0.25, 0.3) is 46.1 Å². The molecular formula is C36H32N2. The average Bonchev–Trinajstić information content (AvgIpc) is 3.52. The molecule has 6 aromatic rings. The van der Waals surface area contributed by atoms with Gasteiger partial charge in [0.1, 0.15) is 0 Å². The highest BCUT2D eigenvalue weighted by Crippen LogP contribution is 2.26. The first kappa shape index (κ1) is 23.8. The van der Waals surface area contributed by atoms with E-state index in [2.05, 4.69) is 155 Å². The largest absolute Gasteiger partial charge is 0.347 e. The molecule has 0 fully saturated rings. The van der Waals surface area contributed by atoms with Crippen LogP contribution in [0.4, 0.5) is 0 Å². The van der Waals surface area contributed by atoms with Gasteiger partial charge < -0.3 is 9.13 Å². The van der Waals surface area contributed by atoms with E-state index in [4.69, 9.17) is 0 Å². The Bertz CT molecular complexity index is 1570. The molecule has 0 radical (unpaired) electrons. The molecule has 0 aliphatic carbocycles. The lowest BCUT2D eigenvalue weighted by atomic mass is 10.1. The second-order valence-electron chi connectivity index (χ2n) is 9.79. The van der Waals surface area contributed by atoms with Crippen LogP contribution in [-0.2, 0) is 13.1 Å². The zero-order chi connectivity index (χ0) is 25.6.